The molecule has 26 heavy (non-hydrogen) atoms. The Kier molecular flexibility index (Phi) is 6.30. The van der Waals surface area contributed by atoms with E-state index < -0.39 is 23.3 Å². The summed E-state index contributed by atoms with van der Waals surface area (Å²) in [5.41, 5.74) is -3.50. The maximum absolute atomic E-state index is 13.3. The second kappa shape index (κ2) is 8.09. The summed E-state index contributed by atoms with van der Waals surface area (Å²) >= 11 is 3.31. The minimum Gasteiger partial charge on any atom is -0.489 e. The van der Waals surface area contributed by atoms with Crippen molar-refractivity contribution in [2.45, 2.75) is 25.3 Å². The predicted molar refractivity (Wildman–Crippen MR) is 91.5 cm³/mol. The quantitative estimate of drug-likeness (QED) is 0.689. The first-order chi connectivity index (χ1) is 12.2. The van der Waals surface area contributed by atoms with Crippen LogP contribution >= 0.6 is 15.9 Å². The molecule has 0 saturated heterocycles. The summed E-state index contributed by atoms with van der Waals surface area (Å²) in [6.07, 6.45) is -5.22. The highest BCUT2D eigenvalue weighted by atomic mass is 79.9. The summed E-state index contributed by atoms with van der Waals surface area (Å²) in [7, 11) is 0. The minimum absolute atomic E-state index is 0.216. The molecule has 8 heteroatoms. The Labute approximate surface area is 156 Å². The summed E-state index contributed by atoms with van der Waals surface area (Å²) in [5.74, 6) is -1.47. The highest BCUT2D eigenvalue weighted by Gasteiger charge is 2.62. The van der Waals surface area contributed by atoms with Gasteiger partial charge in [-0.05, 0) is 36.8 Å². The van der Waals surface area contributed by atoms with Gasteiger partial charge < -0.3 is 14.6 Å². The topological polar surface area (TPSA) is 55.8 Å². The summed E-state index contributed by atoms with van der Waals surface area (Å²) < 4.78 is 50.6. The van der Waals surface area contributed by atoms with E-state index in [1.54, 1.807) is 0 Å². The van der Waals surface area contributed by atoms with E-state index in [4.69, 9.17) is 4.74 Å². The van der Waals surface area contributed by atoms with Gasteiger partial charge in [-0.1, -0.05) is 40.2 Å². The molecule has 0 bridgehead atoms. The molecule has 0 amide bonds. The van der Waals surface area contributed by atoms with Crippen molar-refractivity contribution >= 4 is 21.9 Å². The lowest BCUT2D eigenvalue weighted by Gasteiger charge is -2.28. The third-order valence-corrected chi connectivity index (χ3v) is 4.10. The minimum atomic E-state index is -5.22. The summed E-state index contributed by atoms with van der Waals surface area (Å²) in [4.78, 5) is 11.7. The highest BCUT2D eigenvalue weighted by Crippen LogP contribution is 2.40. The van der Waals surface area contributed by atoms with Crippen LogP contribution in [0.15, 0.2) is 53.0 Å². The molecule has 0 saturated carbocycles. The summed E-state index contributed by atoms with van der Waals surface area (Å²) in [5, 5.41) is 10.00. The van der Waals surface area contributed by atoms with Crippen LogP contribution in [0.3, 0.4) is 0 Å². The van der Waals surface area contributed by atoms with Crippen LogP contribution in [-0.4, -0.2) is 23.9 Å². The molecule has 2 aromatic carbocycles. The fourth-order valence-corrected chi connectivity index (χ4v) is 2.44. The zero-order valence-electron chi connectivity index (χ0n) is 13.7. The lowest BCUT2D eigenvalue weighted by Crippen LogP contribution is -2.50. The number of aliphatic hydroxyl groups is 1. The molecular formula is C18H16BrF3O4. The first-order valence-corrected chi connectivity index (χ1v) is 8.42. The fraction of sp³-hybridized carbons (Fsp3) is 0.278. The number of benzene rings is 2. The molecule has 0 aliphatic carbocycles. The lowest BCUT2D eigenvalue weighted by molar-refractivity contribution is -0.267. The Morgan fingerprint density at radius 3 is 2.15 bits per heavy atom. The van der Waals surface area contributed by atoms with Crippen LogP contribution in [-0.2, 0) is 21.7 Å². The van der Waals surface area contributed by atoms with Crippen molar-refractivity contribution in [1.82, 2.24) is 0 Å². The molecule has 0 unspecified atom stereocenters. The summed E-state index contributed by atoms with van der Waals surface area (Å²) in [6, 6.07) is 11.8. The predicted octanol–water partition coefficient (Wildman–Crippen LogP) is 4.34. The third kappa shape index (κ3) is 4.37. The Hall–Kier alpha value is -2.06. The van der Waals surface area contributed by atoms with E-state index in [0.29, 0.717) is 5.75 Å². The molecule has 0 radical (unpaired) electrons. The van der Waals surface area contributed by atoms with E-state index in [1.807, 2.05) is 24.3 Å². The van der Waals surface area contributed by atoms with Gasteiger partial charge in [0.25, 0.3) is 5.60 Å². The lowest BCUT2D eigenvalue weighted by atomic mass is 9.93. The molecule has 0 spiro atoms. The zero-order chi connectivity index (χ0) is 19.4. The van der Waals surface area contributed by atoms with E-state index in [9.17, 15) is 23.1 Å². The average Bonchev–Trinajstić information content (AvgIpc) is 2.60. The molecule has 140 valence electrons. The second-order valence-electron chi connectivity index (χ2n) is 5.37. The van der Waals surface area contributed by atoms with Gasteiger partial charge in [0, 0.05) is 10.0 Å². The first-order valence-electron chi connectivity index (χ1n) is 7.62. The van der Waals surface area contributed by atoms with Crippen molar-refractivity contribution in [2.75, 3.05) is 6.61 Å². The number of esters is 1. The van der Waals surface area contributed by atoms with Crippen molar-refractivity contribution in [2.24, 2.45) is 0 Å². The number of carbonyl (C=O) groups is 1. The van der Waals surface area contributed by atoms with Crippen LogP contribution in [0, 0.1) is 0 Å². The molecule has 2 aromatic rings. The van der Waals surface area contributed by atoms with Crippen LogP contribution in [0.5, 0.6) is 5.75 Å². The van der Waals surface area contributed by atoms with Crippen molar-refractivity contribution in [3.8, 4) is 5.75 Å². The van der Waals surface area contributed by atoms with E-state index in [2.05, 4.69) is 20.7 Å². The molecule has 0 aliphatic rings. The maximum Gasteiger partial charge on any atom is 0.432 e. The van der Waals surface area contributed by atoms with Gasteiger partial charge in [0.15, 0.2) is 0 Å². The van der Waals surface area contributed by atoms with Gasteiger partial charge in [-0.25, -0.2) is 4.79 Å². The molecule has 1 N–H and O–H groups in total. The van der Waals surface area contributed by atoms with Crippen LogP contribution in [0.4, 0.5) is 13.2 Å². The highest BCUT2D eigenvalue weighted by molar-refractivity contribution is 9.10. The summed E-state index contributed by atoms with van der Waals surface area (Å²) in [6.45, 7) is 1.29. The number of hydrogen-bond donors (Lipinski definition) is 1. The van der Waals surface area contributed by atoms with Crippen LogP contribution < -0.4 is 4.74 Å². The van der Waals surface area contributed by atoms with Gasteiger partial charge in [0.05, 0.1) is 6.61 Å². The first kappa shape index (κ1) is 20.3. The molecule has 0 aliphatic heterocycles. The molecule has 0 heterocycles. The normalized spacial score (nSPS) is 13.8. The maximum atomic E-state index is 13.3. The number of carbonyl (C=O) groups excluding carboxylic acids is 1. The third-order valence-electron chi connectivity index (χ3n) is 3.57. The Morgan fingerprint density at radius 2 is 1.65 bits per heavy atom. The average molecular weight is 433 g/mol. The molecule has 0 aromatic heterocycles. The molecule has 1 atom stereocenters. The molecule has 4 nitrogen and oxygen atoms in total. The van der Waals surface area contributed by atoms with Gasteiger partial charge in [0.2, 0.25) is 0 Å². The molecule has 0 fully saturated rings. The van der Waals surface area contributed by atoms with Gasteiger partial charge in [-0.3, -0.25) is 0 Å². The van der Waals surface area contributed by atoms with E-state index in [0.717, 1.165) is 22.2 Å². The van der Waals surface area contributed by atoms with E-state index >= 15 is 0 Å². The van der Waals surface area contributed by atoms with Crippen LogP contribution in [0.25, 0.3) is 0 Å². The van der Waals surface area contributed by atoms with Crippen LogP contribution in [0.2, 0.25) is 0 Å². The van der Waals surface area contributed by atoms with Crippen molar-refractivity contribution in [1.29, 1.82) is 0 Å². The van der Waals surface area contributed by atoms with Gasteiger partial charge in [-0.2, -0.15) is 13.2 Å². The molecular weight excluding hydrogens is 417 g/mol. The monoisotopic (exact) mass is 432 g/mol. The number of hydrogen-bond acceptors (Lipinski definition) is 4. The standard InChI is InChI=1S/C18H16BrF3O4/c1-2-25-16(23)17(24,18(20,21)22)13-5-9-15(10-6-13)26-11-12-3-7-14(19)8-4-12/h3-10,24H,2,11H2,1H3/t17-/m0/s1. The van der Waals surface area contributed by atoms with E-state index in [-0.39, 0.29) is 13.2 Å². The van der Waals surface area contributed by atoms with Crippen molar-refractivity contribution in [3.63, 3.8) is 0 Å². The van der Waals surface area contributed by atoms with E-state index in [1.165, 1.54) is 19.1 Å². The second-order valence-corrected chi connectivity index (χ2v) is 6.28. The SMILES string of the molecule is CCOC(=O)[C@@](O)(c1ccc(OCc2ccc(Br)cc2)cc1)C(F)(F)F. The fourth-order valence-electron chi connectivity index (χ4n) is 2.17. The molecule has 2 rings (SSSR count). The number of halogens is 4. The van der Waals surface area contributed by atoms with Crippen molar-refractivity contribution in [3.05, 3.63) is 64.1 Å². The van der Waals surface area contributed by atoms with Gasteiger partial charge in [-0.15, -0.1) is 0 Å². The largest absolute Gasteiger partial charge is 0.489 e. The van der Waals surface area contributed by atoms with Crippen LogP contribution in [0.1, 0.15) is 18.1 Å². The number of alkyl halides is 3. The number of rotatable bonds is 6. The Morgan fingerprint density at radius 1 is 1.08 bits per heavy atom. The zero-order valence-corrected chi connectivity index (χ0v) is 15.3. The van der Waals surface area contributed by atoms with Crippen molar-refractivity contribution < 1.29 is 32.5 Å². The Bertz CT molecular complexity index is 745. The number of ether oxygens (including phenoxy) is 2. The smallest absolute Gasteiger partial charge is 0.432 e. The van der Waals surface area contributed by atoms with Gasteiger partial charge >= 0.3 is 12.1 Å². The Balaban J connectivity index is 2.17. The van der Waals surface area contributed by atoms with Gasteiger partial charge in [0.1, 0.15) is 12.4 Å².